The molecule has 1 aliphatic carbocycles. The number of piperidine rings is 1. The molecule has 1 spiro atoms. The number of fused-ring (bicyclic) bond motifs is 1. The zero-order valence-electron chi connectivity index (χ0n) is 12.5. The average Bonchev–Trinajstić information content (AvgIpc) is 3.22. The highest BCUT2D eigenvalue weighted by molar-refractivity contribution is 6.03. The molecule has 1 saturated heterocycles. The van der Waals surface area contributed by atoms with Crippen molar-refractivity contribution < 1.29 is 4.79 Å². The molecule has 2 aromatic rings. The molecule has 116 valence electrons. The van der Waals surface area contributed by atoms with E-state index in [0.29, 0.717) is 5.41 Å². The van der Waals surface area contributed by atoms with Gasteiger partial charge in [-0.1, -0.05) is 36.4 Å². The third kappa shape index (κ3) is 2.59. The molecule has 1 atom stereocenters. The van der Waals surface area contributed by atoms with Gasteiger partial charge in [0.25, 0.3) is 0 Å². The lowest BCUT2D eigenvalue weighted by atomic mass is 9.91. The van der Waals surface area contributed by atoms with Crippen molar-refractivity contribution in [3.8, 4) is 0 Å². The molecular weight excluding hydrogens is 296 g/mol. The Labute approximate surface area is 136 Å². The molecule has 3 nitrogen and oxygen atoms in total. The maximum absolute atomic E-state index is 12.6. The van der Waals surface area contributed by atoms with Crippen molar-refractivity contribution in [3.63, 3.8) is 0 Å². The average molecular weight is 317 g/mol. The molecule has 4 rings (SSSR count). The number of anilines is 1. The van der Waals surface area contributed by atoms with Crippen molar-refractivity contribution in [2.75, 3.05) is 18.4 Å². The van der Waals surface area contributed by atoms with E-state index in [1.165, 1.54) is 5.39 Å². The van der Waals surface area contributed by atoms with E-state index in [1.54, 1.807) is 0 Å². The summed E-state index contributed by atoms with van der Waals surface area (Å²) in [7, 11) is 0. The van der Waals surface area contributed by atoms with Crippen LogP contribution in [0, 0.1) is 11.3 Å². The second-order valence-corrected chi connectivity index (χ2v) is 6.39. The maximum atomic E-state index is 12.6. The zero-order chi connectivity index (χ0) is 14.3. The van der Waals surface area contributed by atoms with Gasteiger partial charge < -0.3 is 10.6 Å². The number of nitrogens with one attached hydrogen (secondary N) is 2. The number of hydrogen-bond acceptors (Lipinski definition) is 2. The Morgan fingerprint density at radius 2 is 1.82 bits per heavy atom. The lowest BCUT2D eigenvalue weighted by molar-refractivity contribution is -0.118. The zero-order valence-corrected chi connectivity index (χ0v) is 13.3. The van der Waals surface area contributed by atoms with Crippen LogP contribution in [0.3, 0.4) is 0 Å². The first-order chi connectivity index (χ1) is 10.3. The van der Waals surface area contributed by atoms with Gasteiger partial charge >= 0.3 is 0 Å². The van der Waals surface area contributed by atoms with Crippen LogP contribution in [0.4, 0.5) is 5.69 Å². The van der Waals surface area contributed by atoms with Gasteiger partial charge in [0, 0.05) is 17.0 Å². The molecule has 4 heteroatoms. The highest BCUT2D eigenvalue weighted by atomic mass is 35.5. The third-order valence-electron chi connectivity index (χ3n) is 5.15. The molecule has 2 N–H and O–H groups in total. The molecule has 2 aromatic carbocycles. The summed E-state index contributed by atoms with van der Waals surface area (Å²) in [4.78, 5) is 12.6. The highest BCUT2D eigenvalue weighted by Gasteiger charge is 2.57. The van der Waals surface area contributed by atoms with Crippen LogP contribution in [-0.4, -0.2) is 19.0 Å². The van der Waals surface area contributed by atoms with Gasteiger partial charge in [0.15, 0.2) is 0 Å². The Morgan fingerprint density at radius 3 is 2.64 bits per heavy atom. The first kappa shape index (κ1) is 15.3. The van der Waals surface area contributed by atoms with Crippen LogP contribution in [0.5, 0.6) is 0 Å². The normalized spacial score (nSPS) is 22.1. The second-order valence-electron chi connectivity index (χ2n) is 6.39. The lowest BCUT2D eigenvalue weighted by Crippen LogP contribution is -2.31. The van der Waals surface area contributed by atoms with Crippen molar-refractivity contribution in [2.24, 2.45) is 11.3 Å². The Hall–Kier alpha value is -1.58. The van der Waals surface area contributed by atoms with Gasteiger partial charge in [0.05, 0.1) is 0 Å². The number of benzene rings is 2. The minimum Gasteiger partial charge on any atom is -0.325 e. The van der Waals surface area contributed by atoms with Crippen molar-refractivity contribution in [1.29, 1.82) is 0 Å². The van der Waals surface area contributed by atoms with E-state index in [0.717, 1.165) is 43.4 Å². The van der Waals surface area contributed by atoms with Crippen LogP contribution < -0.4 is 10.6 Å². The van der Waals surface area contributed by atoms with Crippen LogP contribution in [0.1, 0.15) is 19.3 Å². The Kier molecular flexibility index (Phi) is 4.11. The van der Waals surface area contributed by atoms with E-state index < -0.39 is 0 Å². The maximum Gasteiger partial charge on any atom is 0.228 e. The van der Waals surface area contributed by atoms with Crippen molar-refractivity contribution in [3.05, 3.63) is 42.5 Å². The van der Waals surface area contributed by atoms with Gasteiger partial charge in [-0.05, 0) is 49.2 Å². The standard InChI is InChI=1S/C18H20N2O.ClH/c21-17(15-12-18(15)8-10-19-11-9-18)20-16-7-3-5-13-4-1-2-6-14(13)16;/h1-7,15,19H,8-12H2,(H,20,21);1H. The van der Waals surface area contributed by atoms with E-state index in [4.69, 9.17) is 0 Å². The number of rotatable bonds is 2. The van der Waals surface area contributed by atoms with E-state index >= 15 is 0 Å². The first-order valence-electron chi connectivity index (χ1n) is 7.78. The number of carbonyl (C=O) groups is 1. The quantitative estimate of drug-likeness (QED) is 0.889. The van der Waals surface area contributed by atoms with Gasteiger partial charge in [-0.3, -0.25) is 4.79 Å². The van der Waals surface area contributed by atoms with Crippen molar-refractivity contribution in [1.82, 2.24) is 5.32 Å². The molecule has 1 saturated carbocycles. The summed E-state index contributed by atoms with van der Waals surface area (Å²) >= 11 is 0. The van der Waals surface area contributed by atoms with E-state index in [9.17, 15) is 4.79 Å². The van der Waals surface area contributed by atoms with Crippen LogP contribution in [-0.2, 0) is 4.79 Å². The van der Waals surface area contributed by atoms with E-state index in [-0.39, 0.29) is 24.2 Å². The fourth-order valence-electron chi connectivity index (χ4n) is 3.75. The van der Waals surface area contributed by atoms with E-state index in [2.05, 4.69) is 28.8 Å². The molecule has 1 heterocycles. The molecule has 1 aliphatic heterocycles. The summed E-state index contributed by atoms with van der Waals surface area (Å²) in [5.74, 6) is 0.409. The molecule has 22 heavy (non-hydrogen) atoms. The topological polar surface area (TPSA) is 41.1 Å². The predicted octanol–water partition coefficient (Wildman–Crippen LogP) is 3.59. The second kappa shape index (κ2) is 5.90. The molecule has 0 aromatic heterocycles. The SMILES string of the molecule is Cl.O=C(Nc1cccc2ccccc12)C1CC12CCNCC2. The van der Waals surface area contributed by atoms with Crippen LogP contribution >= 0.6 is 12.4 Å². The number of hydrogen-bond donors (Lipinski definition) is 2. The molecule has 2 fully saturated rings. The van der Waals surface area contributed by atoms with Crippen LogP contribution in [0.2, 0.25) is 0 Å². The summed E-state index contributed by atoms with van der Waals surface area (Å²) in [5, 5.41) is 8.83. The Bertz CT molecular complexity index is 689. The Morgan fingerprint density at radius 1 is 1.09 bits per heavy atom. The largest absolute Gasteiger partial charge is 0.325 e. The van der Waals surface area contributed by atoms with Crippen molar-refractivity contribution in [2.45, 2.75) is 19.3 Å². The van der Waals surface area contributed by atoms with Gasteiger partial charge in [0.2, 0.25) is 5.91 Å². The van der Waals surface area contributed by atoms with Crippen molar-refractivity contribution >= 4 is 34.8 Å². The van der Waals surface area contributed by atoms with Gasteiger partial charge in [0.1, 0.15) is 0 Å². The summed E-state index contributed by atoms with van der Waals surface area (Å²) in [6, 6.07) is 14.3. The monoisotopic (exact) mass is 316 g/mol. The molecule has 0 radical (unpaired) electrons. The van der Waals surface area contributed by atoms with E-state index in [1.807, 2.05) is 24.3 Å². The molecule has 0 bridgehead atoms. The minimum atomic E-state index is 0. The summed E-state index contributed by atoms with van der Waals surface area (Å²) in [6.07, 6.45) is 3.34. The minimum absolute atomic E-state index is 0. The molecule has 2 aliphatic rings. The third-order valence-corrected chi connectivity index (χ3v) is 5.15. The van der Waals surface area contributed by atoms with Crippen LogP contribution in [0.25, 0.3) is 10.8 Å². The number of amides is 1. The summed E-state index contributed by atoms with van der Waals surface area (Å²) in [5.41, 5.74) is 1.23. The first-order valence-corrected chi connectivity index (χ1v) is 7.78. The summed E-state index contributed by atoms with van der Waals surface area (Å²) in [6.45, 7) is 2.11. The van der Waals surface area contributed by atoms with Gasteiger partial charge in [-0.15, -0.1) is 12.4 Å². The van der Waals surface area contributed by atoms with Crippen LogP contribution in [0.15, 0.2) is 42.5 Å². The lowest BCUT2D eigenvalue weighted by Gasteiger charge is -2.23. The number of carbonyl (C=O) groups excluding carboxylic acids is 1. The summed E-state index contributed by atoms with van der Waals surface area (Å²) < 4.78 is 0. The molecule has 1 unspecified atom stereocenters. The Balaban J connectivity index is 0.00000144. The highest BCUT2D eigenvalue weighted by Crippen LogP contribution is 2.58. The molecular formula is C18H21ClN2O. The number of halogens is 1. The van der Waals surface area contributed by atoms with Gasteiger partial charge in [-0.2, -0.15) is 0 Å². The van der Waals surface area contributed by atoms with Gasteiger partial charge in [-0.25, -0.2) is 0 Å². The predicted molar refractivity (Wildman–Crippen MR) is 92.5 cm³/mol. The molecule has 1 amide bonds. The smallest absolute Gasteiger partial charge is 0.228 e. The fraction of sp³-hybridized carbons (Fsp3) is 0.389. The fourth-order valence-corrected chi connectivity index (χ4v) is 3.75.